The molecule has 0 aliphatic heterocycles. The fourth-order valence-corrected chi connectivity index (χ4v) is 3.57. The third-order valence-corrected chi connectivity index (χ3v) is 5.20. The molecule has 3 heteroatoms. The van der Waals surface area contributed by atoms with Crippen molar-refractivity contribution in [2.75, 3.05) is 6.54 Å². The predicted octanol–water partition coefficient (Wildman–Crippen LogP) is 5.58. The monoisotopic (exact) mass is 366 g/mol. The first-order valence-electron chi connectivity index (χ1n) is 10.6. The molecule has 0 spiro atoms. The lowest BCUT2D eigenvalue weighted by Crippen LogP contribution is -2.27. The predicted molar refractivity (Wildman–Crippen MR) is 114 cm³/mol. The van der Waals surface area contributed by atoms with Crippen LogP contribution < -0.4 is 5.32 Å². The first-order chi connectivity index (χ1) is 13.2. The number of pyridine rings is 1. The smallest absolute Gasteiger partial charge is 0.224 e. The average Bonchev–Trinajstić information content (AvgIpc) is 3.24. The molecule has 2 aromatic rings. The highest BCUT2D eigenvalue weighted by Gasteiger charge is 2.14. The minimum Gasteiger partial charge on any atom is -0.356 e. The number of aryl methyl sites for hydroxylation is 1. The van der Waals surface area contributed by atoms with E-state index in [2.05, 4.69) is 41.5 Å². The molecule has 1 aliphatic carbocycles. The standard InChI is InChI=1S/C22H28N2O.C2H6/c1-2-17-7-10-20(11-8-17)21-12-9-19(16-24-21)15-22(25)23-14-13-18-5-3-4-6-18;1-2/h7-12,16,18H,2-6,13-15H2,1H3,(H,23,25);1-2H3. The summed E-state index contributed by atoms with van der Waals surface area (Å²) in [4.78, 5) is 16.6. The summed E-state index contributed by atoms with van der Waals surface area (Å²) in [6, 6.07) is 12.5. The second-order valence-electron chi connectivity index (χ2n) is 7.07. The molecule has 1 aromatic carbocycles. The van der Waals surface area contributed by atoms with Gasteiger partial charge in [-0.1, -0.05) is 76.8 Å². The van der Waals surface area contributed by atoms with E-state index in [0.29, 0.717) is 6.42 Å². The lowest BCUT2D eigenvalue weighted by Gasteiger charge is -2.10. The Morgan fingerprint density at radius 1 is 1.04 bits per heavy atom. The van der Waals surface area contributed by atoms with Crippen molar-refractivity contribution in [3.05, 3.63) is 53.7 Å². The van der Waals surface area contributed by atoms with E-state index in [0.717, 1.165) is 42.1 Å². The second-order valence-corrected chi connectivity index (χ2v) is 7.07. The van der Waals surface area contributed by atoms with Crippen LogP contribution in [0.4, 0.5) is 0 Å². The van der Waals surface area contributed by atoms with Crippen LogP contribution in [-0.4, -0.2) is 17.4 Å². The molecule has 0 saturated heterocycles. The molecule has 0 unspecified atom stereocenters. The van der Waals surface area contributed by atoms with Gasteiger partial charge in [-0.3, -0.25) is 9.78 Å². The van der Waals surface area contributed by atoms with Gasteiger partial charge in [0.1, 0.15) is 0 Å². The third kappa shape index (κ3) is 6.82. The maximum Gasteiger partial charge on any atom is 0.224 e. The van der Waals surface area contributed by atoms with Crippen molar-refractivity contribution in [2.24, 2.45) is 5.92 Å². The molecule has 1 N–H and O–H groups in total. The molecule has 27 heavy (non-hydrogen) atoms. The normalized spacial score (nSPS) is 13.7. The molecule has 0 bridgehead atoms. The van der Waals surface area contributed by atoms with Gasteiger partial charge in [-0.2, -0.15) is 0 Å². The number of carbonyl (C=O) groups is 1. The largest absolute Gasteiger partial charge is 0.356 e. The Balaban J connectivity index is 0.00000126. The van der Waals surface area contributed by atoms with Crippen LogP contribution in [-0.2, 0) is 17.6 Å². The van der Waals surface area contributed by atoms with Gasteiger partial charge in [0.25, 0.3) is 0 Å². The fraction of sp³-hybridized carbons (Fsp3) is 0.500. The lowest BCUT2D eigenvalue weighted by atomic mass is 10.0. The van der Waals surface area contributed by atoms with Crippen molar-refractivity contribution in [1.82, 2.24) is 10.3 Å². The number of amides is 1. The van der Waals surface area contributed by atoms with E-state index < -0.39 is 0 Å². The number of rotatable bonds is 7. The summed E-state index contributed by atoms with van der Waals surface area (Å²) in [6.45, 7) is 6.96. The zero-order valence-electron chi connectivity index (χ0n) is 17.1. The summed E-state index contributed by atoms with van der Waals surface area (Å²) in [5.41, 5.74) is 4.36. The average molecular weight is 367 g/mol. The maximum absolute atomic E-state index is 12.1. The molecule has 1 aromatic heterocycles. The number of carbonyl (C=O) groups excluding carboxylic acids is 1. The number of aromatic nitrogens is 1. The van der Waals surface area contributed by atoms with Crippen LogP contribution in [0.2, 0.25) is 0 Å². The molecular weight excluding hydrogens is 332 g/mol. The van der Waals surface area contributed by atoms with Gasteiger partial charge in [0.2, 0.25) is 5.91 Å². The Kier molecular flexibility index (Phi) is 9.03. The maximum atomic E-state index is 12.1. The minimum atomic E-state index is 0.0971. The molecule has 1 heterocycles. The van der Waals surface area contributed by atoms with Crippen LogP contribution in [0.1, 0.15) is 64.0 Å². The Bertz CT molecular complexity index is 671. The topological polar surface area (TPSA) is 42.0 Å². The molecule has 3 nitrogen and oxygen atoms in total. The quantitative estimate of drug-likeness (QED) is 0.695. The summed E-state index contributed by atoms with van der Waals surface area (Å²) in [5.74, 6) is 0.917. The van der Waals surface area contributed by atoms with Gasteiger partial charge in [0.05, 0.1) is 12.1 Å². The zero-order chi connectivity index (χ0) is 19.5. The van der Waals surface area contributed by atoms with Gasteiger partial charge >= 0.3 is 0 Å². The molecule has 1 fully saturated rings. The molecule has 0 atom stereocenters. The van der Waals surface area contributed by atoms with Crippen LogP contribution in [0, 0.1) is 5.92 Å². The third-order valence-electron chi connectivity index (χ3n) is 5.20. The van der Waals surface area contributed by atoms with Gasteiger partial charge in [-0.05, 0) is 36.0 Å². The van der Waals surface area contributed by atoms with Crippen molar-refractivity contribution in [2.45, 2.75) is 65.7 Å². The number of nitrogens with zero attached hydrogens (tertiary/aromatic N) is 1. The molecule has 3 rings (SSSR count). The van der Waals surface area contributed by atoms with Crippen LogP contribution in [0.3, 0.4) is 0 Å². The van der Waals surface area contributed by atoms with Crippen LogP contribution in [0.25, 0.3) is 11.3 Å². The molecule has 146 valence electrons. The second kappa shape index (κ2) is 11.5. The number of benzene rings is 1. The van der Waals surface area contributed by atoms with E-state index in [1.54, 1.807) is 0 Å². The van der Waals surface area contributed by atoms with E-state index in [1.807, 2.05) is 32.2 Å². The molecule has 1 saturated carbocycles. The minimum absolute atomic E-state index is 0.0971. The summed E-state index contributed by atoms with van der Waals surface area (Å²) < 4.78 is 0. The summed E-state index contributed by atoms with van der Waals surface area (Å²) in [5, 5.41) is 3.05. The van der Waals surface area contributed by atoms with E-state index >= 15 is 0 Å². The molecule has 1 aliphatic rings. The first-order valence-corrected chi connectivity index (χ1v) is 10.6. The van der Waals surface area contributed by atoms with E-state index in [-0.39, 0.29) is 5.91 Å². The summed E-state index contributed by atoms with van der Waals surface area (Å²) in [6.07, 6.45) is 9.78. The van der Waals surface area contributed by atoms with E-state index in [9.17, 15) is 4.79 Å². The van der Waals surface area contributed by atoms with Gasteiger partial charge in [-0.25, -0.2) is 0 Å². The Labute approximate surface area is 164 Å². The van der Waals surface area contributed by atoms with Crippen LogP contribution in [0.15, 0.2) is 42.6 Å². The van der Waals surface area contributed by atoms with Crippen molar-refractivity contribution < 1.29 is 4.79 Å². The Hall–Kier alpha value is -2.16. The van der Waals surface area contributed by atoms with Crippen LogP contribution in [0.5, 0.6) is 0 Å². The molecule has 1 amide bonds. The van der Waals surface area contributed by atoms with Gasteiger partial charge in [0, 0.05) is 18.3 Å². The number of nitrogens with one attached hydrogen (secondary N) is 1. The highest BCUT2D eigenvalue weighted by atomic mass is 16.1. The highest BCUT2D eigenvalue weighted by Crippen LogP contribution is 2.26. The lowest BCUT2D eigenvalue weighted by molar-refractivity contribution is -0.120. The van der Waals surface area contributed by atoms with E-state index in [4.69, 9.17) is 0 Å². The summed E-state index contributed by atoms with van der Waals surface area (Å²) in [7, 11) is 0. The molecular formula is C24H34N2O. The fourth-order valence-electron chi connectivity index (χ4n) is 3.57. The van der Waals surface area contributed by atoms with E-state index in [1.165, 1.54) is 31.2 Å². The van der Waals surface area contributed by atoms with Gasteiger partial charge < -0.3 is 5.32 Å². The molecule has 0 radical (unpaired) electrons. The van der Waals surface area contributed by atoms with Crippen molar-refractivity contribution in [3.8, 4) is 11.3 Å². The summed E-state index contributed by atoms with van der Waals surface area (Å²) >= 11 is 0. The Morgan fingerprint density at radius 3 is 2.30 bits per heavy atom. The van der Waals surface area contributed by atoms with Gasteiger partial charge in [0.15, 0.2) is 0 Å². The van der Waals surface area contributed by atoms with Crippen LogP contribution >= 0.6 is 0 Å². The zero-order valence-corrected chi connectivity index (χ0v) is 17.1. The van der Waals surface area contributed by atoms with Gasteiger partial charge in [-0.15, -0.1) is 0 Å². The Morgan fingerprint density at radius 2 is 1.70 bits per heavy atom. The van der Waals surface area contributed by atoms with Crippen molar-refractivity contribution >= 4 is 5.91 Å². The number of hydrogen-bond acceptors (Lipinski definition) is 2. The SMILES string of the molecule is CC.CCc1ccc(-c2ccc(CC(=O)NCCC3CCCC3)cn2)cc1. The van der Waals surface area contributed by atoms with Crippen molar-refractivity contribution in [3.63, 3.8) is 0 Å². The number of hydrogen-bond donors (Lipinski definition) is 1. The first kappa shape index (κ1) is 21.1. The highest BCUT2D eigenvalue weighted by molar-refractivity contribution is 5.78. The van der Waals surface area contributed by atoms with Crippen molar-refractivity contribution in [1.29, 1.82) is 0 Å².